The van der Waals surface area contributed by atoms with Gasteiger partial charge < -0.3 is 0 Å². The fourth-order valence-corrected chi connectivity index (χ4v) is 0. The van der Waals surface area contributed by atoms with Crippen LogP contribution in [-0.4, -0.2) is 0 Å². The molecule has 2 heteroatoms. The van der Waals surface area contributed by atoms with E-state index in [-0.39, 0.29) is 0 Å². The molecule has 1 radical (unpaired) electrons. The summed E-state index contributed by atoms with van der Waals surface area (Å²) >= 11 is 2.53. The van der Waals surface area contributed by atoms with Crippen LogP contribution < -0.4 is 0 Å². The molecule has 36 valence electrons. The molecule has 0 fully saturated rings. The molecule has 0 aromatic carbocycles. The summed E-state index contributed by atoms with van der Waals surface area (Å²) in [4.78, 5) is 0. The van der Waals surface area contributed by atoms with E-state index in [2.05, 4.69) is 28.8 Å². The van der Waals surface area contributed by atoms with Crippen molar-refractivity contribution in [1.82, 2.24) is 0 Å². The van der Waals surface area contributed by atoms with Crippen molar-refractivity contribution in [3.8, 4) is 0 Å². The normalized spacial score (nSPS) is 4.80. The van der Waals surface area contributed by atoms with Gasteiger partial charge in [0.1, 0.15) is 0 Å². The van der Waals surface area contributed by atoms with Crippen LogP contribution in [0.3, 0.4) is 0 Å². The summed E-state index contributed by atoms with van der Waals surface area (Å²) in [6.45, 7) is 4.00. The van der Waals surface area contributed by atoms with Crippen molar-refractivity contribution < 1.29 is 19.2 Å². The first-order valence-electron chi connectivity index (χ1n) is 1.28. The van der Waals surface area contributed by atoms with Gasteiger partial charge >= 0.3 is 28.8 Å². The molecule has 0 spiro atoms. The van der Waals surface area contributed by atoms with Crippen molar-refractivity contribution in [1.29, 1.82) is 0 Å². The van der Waals surface area contributed by atoms with E-state index in [1.807, 2.05) is 20.3 Å². The van der Waals surface area contributed by atoms with E-state index in [0.29, 0.717) is 0 Å². The van der Waals surface area contributed by atoms with Gasteiger partial charge in [-0.25, -0.2) is 0 Å². The fourth-order valence-electron chi connectivity index (χ4n) is 0. The maximum absolute atomic E-state index is 3.89. The van der Waals surface area contributed by atoms with Gasteiger partial charge in [-0.2, -0.15) is 0 Å². The minimum atomic E-state index is 2.00. The Hall–Kier alpha value is 0.960. The van der Waals surface area contributed by atoms with Crippen molar-refractivity contribution in [2.75, 3.05) is 0 Å². The van der Waals surface area contributed by atoms with Gasteiger partial charge in [0.15, 0.2) is 0 Å². The van der Waals surface area contributed by atoms with Crippen LogP contribution in [0, 0.1) is 6.42 Å². The van der Waals surface area contributed by atoms with Crippen LogP contribution in [0.4, 0.5) is 0 Å². The first-order chi connectivity index (χ1) is 2.41. The van der Waals surface area contributed by atoms with Gasteiger partial charge in [0, 0.05) is 0 Å². The summed E-state index contributed by atoms with van der Waals surface area (Å²) in [6, 6.07) is 0. The third kappa shape index (κ3) is 47.1. The van der Waals surface area contributed by atoms with Crippen LogP contribution in [0.1, 0.15) is 13.8 Å². The van der Waals surface area contributed by atoms with Crippen molar-refractivity contribution in [2.24, 2.45) is 0 Å². The third-order valence-electron chi connectivity index (χ3n) is 0. The Morgan fingerprint density at radius 1 is 1.40 bits per heavy atom. The van der Waals surface area contributed by atoms with Crippen molar-refractivity contribution in [3.05, 3.63) is 6.42 Å². The van der Waals surface area contributed by atoms with Gasteiger partial charge in [-0.3, -0.25) is 0 Å². The average molecular weight is 183 g/mol. The molecule has 0 N–H and O–H groups in total. The van der Waals surface area contributed by atoms with E-state index in [1.165, 1.54) is 0 Å². The summed E-state index contributed by atoms with van der Waals surface area (Å²) in [5.74, 6) is 0. The van der Waals surface area contributed by atoms with E-state index in [9.17, 15) is 0 Å². The Kier molecular flexibility index (Phi) is 37.9. The number of hydrogen-bond acceptors (Lipinski definition) is 1. The molecule has 0 aliphatic rings. The van der Waals surface area contributed by atoms with E-state index in [1.54, 1.807) is 0 Å². The molecule has 0 aliphatic carbocycles. The van der Waals surface area contributed by atoms with Crippen LogP contribution in [0.2, 0.25) is 0 Å². The molecule has 0 bridgehead atoms. The summed E-state index contributed by atoms with van der Waals surface area (Å²) < 4.78 is 0. The van der Waals surface area contributed by atoms with Crippen LogP contribution in [0.25, 0.3) is 0 Å². The molecule has 0 heterocycles. The number of hydrogen-bond donors (Lipinski definition) is 0. The first-order valence-corrected chi connectivity index (χ1v) is 3.34. The van der Waals surface area contributed by atoms with Crippen molar-refractivity contribution in [3.63, 3.8) is 0 Å². The topological polar surface area (TPSA) is 0 Å². The Labute approximate surface area is 49.2 Å². The van der Waals surface area contributed by atoms with Gasteiger partial charge in [-0.05, 0) is 6.42 Å². The Morgan fingerprint density at radius 2 is 1.40 bits per heavy atom. The molecule has 0 aliphatic heterocycles. The van der Waals surface area contributed by atoms with E-state index in [4.69, 9.17) is 0 Å². The summed E-state index contributed by atoms with van der Waals surface area (Å²) in [5.41, 5.74) is 0. The Morgan fingerprint density at radius 3 is 1.40 bits per heavy atom. The van der Waals surface area contributed by atoms with Crippen molar-refractivity contribution in [2.45, 2.75) is 13.8 Å². The van der Waals surface area contributed by atoms with E-state index >= 15 is 0 Å². The average Bonchev–Trinajstić information content (AvgIpc) is 1.46. The van der Waals surface area contributed by atoms with Gasteiger partial charge in [-0.15, -0.1) is 0 Å². The van der Waals surface area contributed by atoms with Crippen LogP contribution in [0.5, 0.6) is 0 Å². The molecular formula is C3H7AgS. The van der Waals surface area contributed by atoms with Crippen LogP contribution in [-0.2, 0) is 19.2 Å². The monoisotopic (exact) mass is 182 g/mol. The molecule has 5 heavy (non-hydrogen) atoms. The molecule has 0 unspecified atom stereocenters. The molecule has 0 saturated carbocycles. The second-order valence-electron chi connectivity index (χ2n) is 0.577. The zero-order valence-electron chi connectivity index (χ0n) is 3.29. The molecular weight excluding hydrogens is 176 g/mol. The maximum atomic E-state index is 3.89. The molecule has 0 nitrogen and oxygen atoms in total. The molecule has 0 amide bonds. The fraction of sp³-hybridized carbons (Fsp3) is 0.667. The molecule has 0 saturated heterocycles. The predicted octanol–water partition coefficient (Wildman–Crippen LogP) is 1.88. The molecule has 0 aromatic rings. The molecule has 0 rings (SSSR count). The molecule has 0 aromatic heterocycles. The third-order valence-corrected chi connectivity index (χ3v) is 0. The van der Waals surface area contributed by atoms with Gasteiger partial charge in [0.05, 0.1) is 0 Å². The van der Waals surface area contributed by atoms with E-state index in [0.717, 1.165) is 0 Å². The summed E-state index contributed by atoms with van der Waals surface area (Å²) in [7, 11) is 3.89. The van der Waals surface area contributed by atoms with Gasteiger partial charge in [0.2, 0.25) is 0 Å². The second-order valence-corrected chi connectivity index (χ2v) is 0.577. The standard InChI is InChI=1S/C3H7.Ag.S/c1-3-2;;/h3H,1-2H3;;. The minimum absolute atomic E-state index is 2.00. The Balaban J connectivity index is 0. The zero-order valence-corrected chi connectivity index (χ0v) is 5.59. The summed E-state index contributed by atoms with van der Waals surface area (Å²) in [5, 5.41) is 0. The second kappa shape index (κ2) is 20.2. The van der Waals surface area contributed by atoms with Crippen LogP contribution >= 0.6 is 9.58 Å². The number of rotatable bonds is 0. The van der Waals surface area contributed by atoms with Crippen LogP contribution in [0.15, 0.2) is 0 Å². The zero-order chi connectivity index (χ0) is 4.71. The van der Waals surface area contributed by atoms with Crippen molar-refractivity contribution >= 4 is 9.58 Å². The molecule has 0 atom stereocenters. The summed E-state index contributed by atoms with van der Waals surface area (Å²) in [6.07, 6.45) is 2.00. The van der Waals surface area contributed by atoms with E-state index < -0.39 is 0 Å². The van der Waals surface area contributed by atoms with Gasteiger partial charge in [0.25, 0.3) is 0 Å². The first kappa shape index (κ1) is 9.35. The predicted molar refractivity (Wildman–Crippen MR) is 23.2 cm³/mol. The Bertz CT molecular complexity index is 10.9. The quantitative estimate of drug-likeness (QED) is 0.516. The van der Waals surface area contributed by atoms with Gasteiger partial charge in [-0.1, -0.05) is 13.8 Å². The SMILES string of the molecule is C[CH]C.[S]=[Ag].